The van der Waals surface area contributed by atoms with Crippen LogP contribution in [0.3, 0.4) is 0 Å². The molecule has 4 nitrogen and oxygen atoms in total. The van der Waals surface area contributed by atoms with E-state index in [1.54, 1.807) is 6.20 Å². The minimum Gasteiger partial charge on any atom is -0.446 e. The summed E-state index contributed by atoms with van der Waals surface area (Å²) in [5, 5.41) is 15.9. The molecule has 4 heteroatoms. The quantitative estimate of drug-likeness (QED) is 0.807. The number of aromatic amines is 1. The number of nitriles is 1. The molecule has 0 saturated carbocycles. The van der Waals surface area contributed by atoms with Gasteiger partial charge in [0.15, 0.2) is 0 Å². The monoisotopic (exact) mass is 223 g/mol. The van der Waals surface area contributed by atoms with Gasteiger partial charge < -0.3 is 4.74 Å². The van der Waals surface area contributed by atoms with Crippen molar-refractivity contribution in [3.05, 3.63) is 59.5 Å². The van der Waals surface area contributed by atoms with Crippen LogP contribution < -0.4 is 4.74 Å². The van der Waals surface area contributed by atoms with Crippen molar-refractivity contribution in [2.75, 3.05) is 0 Å². The summed E-state index contributed by atoms with van der Waals surface area (Å²) in [7, 11) is 0. The van der Waals surface area contributed by atoms with Crippen LogP contribution in [-0.2, 0) is 0 Å². The number of nitrogens with zero attached hydrogens (tertiary/aromatic N) is 2. The molecular formula is C13H9N3O. The van der Waals surface area contributed by atoms with Crippen LogP contribution in [0.1, 0.15) is 17.0 Å². The maximum absolute atomic E-state index is 9.16. The van der Waals surface area contributed by atoms with Gasteiger partial charge in [0.05, 0.1) is 23.8 Å². The fourth-order valence-corrected chi connectivity index (χ4v) is 2.04. The van der Waals surface area contributed by atoms with Gasteiger partial charge in [0.25, 0.3) is 0 Å². The van der Waals surface area contributed by atoms with Gasteiger partial charge in [-0.3, -0.25) is 0 Å². The number of allylic oxidation sites excluding steroid dienone is 1. The first-order chi connectivity index (χ1) is 8.40. The molecule has 0 bridgehead atoms. The van der Waals surface area contributed by atoms with E-state index in [1.165, 1.54) is 6.26 Å². The molecule has 1 aliphatic heterocycles. The fourth-order valence-electron chi connectivity index (χ4n) is 2.04. The number of fused-ring (bicyclic) bond motifs is 1. The number of ether oxygens (including phenoxy) is 1. The number of nitrogens with one attached hydrogen (secondary N) is 1. The predicted molar refractivity (Wildman–Crippen MR) is 61.2 cm³/mol. The zero-order valence-electron chi connectivity index (χ0n) is 8.92. The van der Waals surface area contributed by atoms with Crippen molar-refractivity contribution in [1.82, 2.24) is 10.2 Å². The van der Waals surface area contributed by atoms with Gasteiger partial charge in [-0.25, -0.2) is 5.10 Å². The molecule has 1 N–H and O–H groups in total. The van der Waals surface area contributed by atoms with Crippen LogP contribution in [0.5, 0.6) is 5.88 Å². The number of aromatic nitrogens is 2. The van der Waals surface area contributed by atoms with Crippen LogP contribution in [0, 0.1) is 11.3 Å². The summed E-state index contributed by atoms with van der Waals surface area (Å²) >= 11 is 0. The molecule has 82 valence electrons. The molecule has 2 aromatic rings. The van der Waals surface area contributed by atoms with Crippen LogP contribution in [0.4, 0.5) is 0 Å². The second-order valence-electron chi connectivity index (χ2n) is 3.80. The van der Waals surface area contributed by atoms with E-state index in [4.69, 9.17) is 10.00 Å². The summed E-state index contributed by atoms with van der Waals surface area (Å²) in [6.07, 6.45) is 3.19. The molecular weight excluding hydrogens is 214 g/mol. The lowest BCUT2D eigenvalue weighted by molar-refractivity contribution is 0.435. The zero-order chi connectivity index (χ0) is 11.7. The van der Waals surface area contributed by atoms with Crippen molar-refractivity contribution in [2.24, 2.45) is 0 Å². The maximum Gasteiger partial charge on any atom is 0.218 e. The Hall–Kier alpha value is -2.54. The molecule has 0 aliphatic carbocycles. The summed E-state index contributed by atoms with van der Waals surface area (Å²) in [4.78, 5) is 0. The minimum absolute atomic E-state index is 0.0938. The van der Waals surface area contributed by atoms with Gasteiger partial charge in [0, 0.05) is 5.56 Å². The zero-order valence-corrected chi connectivity index (χ0v) is 8.92. The van der Waals surface area contributed by atoms with Gasteiger partial charge in [0.1, 0.15) is 6.26 Å². The highest BCUT2D eigenvalue weighted by molar-refractivity contribution is 5.50. The van der Waals surface area contributed by atoms with E-state index in [-0.39, 0.29) is 5.92 Å². The third-order valence-electron chi connectivity index (χ3n) is 2.82. The van der Waals surface area contributed by atoms with Gasteiger partial charge in [-0.2, -0.15) is 10.4 Å². The Kier molecular flexibility index (Phi) is 2.16. The highest BCUT2D eigenvalue weighted by Gasteiger charge is 2.28. The highest BCUT2D eigenvalue weighted by atomic mass is 16.5. The van der Waals surface area contributed by atoms with Gasteiger partial charge in [-0.05, 0) is 5.56 Å². The van der Waals surface area contributed by atoms with Gasteiger partial charge >= 0.3 is 0 Å². The number of rotatable bonds is 1. The average molecular weight is 223 g/mol. The first-order valence-electron chi connectivity index (χ1n) is 5.25. The molecule has 3 rings (SSSR count). The second kappa shape index (κ2) is 3.80. The van der Waals surface area contributed by atoms with Crippen molar-refractivity contribution in [1.29, 1.82) is 5.26 Å². The summed E-state index contributed by atoms with van der Waals surface area (Å²) in [5.41, 5.74) is 2.55. The topological polar surface area (TPSA) is 61.7 Å². The Morgan fingerprint density at radius 1 is 1.29 bits per heavy atom. The third kappa shape index (κ3) is 1.49. The lowest BCUT2D eigenvalue weighted by Gasteiger charge is -2.20. The van der Waals surface area contributed by atoms with Crippen molar-refractivity contribution in [3.8, 4) is 11.9 Å². The smallest absolute Gasteiger partial charge is 0.218 e. The molecule has 1 atom stereocenters. The Bertz CT molecular complexity index is 607. The van der Waals surface area contributed by atoms with E-state index in [0.717, 1.165) is 11.1 Å². The number of hydrogen-bond donors (Lipinski definition) is 1. The molecule has 2 heterocycles. The first kappa shape index (κ1) is 9.67. The molecule has 0 spiro atoms. The Labute approximate surface area is 98.2 Å². The minimum atomic E-state index is -0.0938. The maximum atomic E-state index is 9.16. The molecule has 0 amide bonds. The summed E-state index contributed by atoms with van der Waals surface area (Å²) < 4.78 is 5.32. The largest absolute Gasteiger partial charge is 0.446 e. The lowest BCUT2D eigenvalue weighted by Crippen LogP contribution is -2.09. The van der Waals surface area contributed by atoms with Crippen molar-refractivity contribution >= 4 is 0 Å². The molecule has 1 aromatic heterocycles. The molecule has 1 unspecified atom stereocenters. The Balaban J connectivity index is 2.15. The lowest BCUT2D eigenvalue weighted by atomic mass is 9.86. The van der Waals surface area contributed by atoms with E-state index in [1.807, 2.05) is 30.3 Å². The van der Waals surface area contributed by atoms with E-state index in [0.29, 0.717) is 11.5 Å². The molecule has 0 radical (unpaired) electrons. The predicted octanol–water partition coefficient (Wildman–Crippen LogP) is 2.34. The first-order valence-corrected chi connectivity index (χ1v) is 5.25. The van der Waals surface area contributed by atoms with Crippen LogP contribution in [0.2, 0.25) is 0 Å². The normalized spacial score (nSPS) is 17.6. The average Bonchev–Trinajstić information content (AvgIpc) is 2.86. The number of H-pyrrole nitrogens is 1. The van der Waals surface area contributed by atoms with E-state index < -0.39 is 0 Å². The van der Waals surface area contributed by atoms with Crippen molar-refractivity contribution in [3.63, 3.8) is 0 Å². The summed E-state index contributed by atoms with van der Waals surface area (Å²) in [5.74, 6) is 0.515. The van der Waals surface area contributed by atoms with Crippen LogP contribution in [-0.4, -0.2) is 10.2 Å². The molecule has 0 fully saturated rings. The molecule has 1 aromatic carbocycles. The van der Waals surface area contributed by atoms with Crippen LogP contribution in [0.15, 0.2) is 48.4 Å². The Morgan fingerprint density at radius 2 is 2.12 bits per heavy atom. The standard InChI is InChI=1S/C13H9N3O/c14-6-10-8-17-13-11(7-15-16-13)12(10)9-4-2-1-3-5-9/h1-5,7-8,12H,(H,15,16). The van der Waals surface area contributed by atoms with Crippen LogP contribution >= 0.6 is 0 Å². The van der Waals surface area contributed by atoms with Crippen molar-refractivity contribution in [2.45, 2.75) is 5.92 Å². The number of benzene rings is 1. The van der Waals surface area contributed by atoms with E-state index in [2.05, 4.69) is 16.3 Å². The summed E-state index contributed by atoms with van der Waals surface area (Å²) in [6, 6.07) is 12.0. The molecule has 0 saturated heterocycles. The van der Waals surface area contributed by atoms with E-state index in [9.17, 15) is 0 Å². The van der Waals surface area contributed by atoms with Gasteiger partial charge in [0.2, 0.25) is 5.88 Å². The van der Waals surface area contributed by atoms with Gasteiger partial charge in [-0.1, -0.05) is 30.3 Å². The Morgan fingerprint density at radius 3 is 2.88 bits per heavy atom. The molecule has 17 heavy (non-hydrogen) atoms. The molecule has 1 aliphatic rings. The van der Waals surface area contributed by atoms with Crippen molar-refractivity contribution < 1.29 is 4.74 Å². The van der Waals surface area contributed by atoms with Gasteiger partial charge in [-0.15, -0.1) is 0 Å². The second-order valence-corrected chi connectivity index (χ2v) is 3.80. The fraction of sp³-hybridized carbons (Fsp3) is 0.0769. The number of hydrogen-bond acceptors (Lipinski definition) is 3. The van der Waals surface area contributed by atoms with Crippen LogP contribution in [0.25, 0.3) is 0 Å². The highest BCUT2D eigenvalue weighted by Crippen LogP contribution is 2.38. The van der Waals surface area contributed by atoms with E-state index >= 15 is 0 Å². The summed E-state index contributed by atoms with van der Waals surface area (Å²) in [6.45, 7) is 0. The third-order valence-corrected chi connectivity index (χ3v) is 2.82. The SMILES string of the molecule is N#CC1=COc2[nH]ncc2C1c1ccccc1.